The summed E-state index contributed by atoms with van der Waals surface area (Å²) in [5.41, 5.74) is 4.65. The number of halogens is 1. The molecule has 0 unspecified atom stereocenters. The third-order valence-corrected chi connectivity index (χ3v) is 4.85. The van der Waals surface area contributed by atoms with Crippen LogP contribution in [0.25, 0.3) is 0 Å². The predicted molar refractivity (Wildman–Crippen MR) is 77.6 cm³/mol. The van der Waals surface area contributed by atoms with Crippen molar-refractivity contribution in [2.45, 2.75) is 44.9 Å². The smallest absolute Gasteiger partial charge is 0.0441 e. The lowest BCUT2D eigenvalue weighted by molar-refractivity contribution is 0.260. The van der Waals surface area contributed by atoms with Crippen LogP contribution in [0.3, 0.4) is 0 Å². The Kier molecular flexibility index (Phi) is 3.63. The predicted octanol–water partition coefficient (Wildman–Crippen LogP) is 4.03. The van der Waals surface area contributed by atoms with Crippen molar-refractivity contribution >= 4 is 11.6 Å². The second-order valence-corrected chi connectivity index (χ2v) is 6.15. The summed E-state index contributed by atoms with van der Waals surface area (Å²) in [4.78, 5) is 2.64. The highest BCUT2D eigenvalue weighted by molar-refractivity contribution is 6.31. The van der Waals surface area contributed by atoms with Gasteiger partial charge in [0.15, 0.2) is 0 Å². The zero-order valence-corrected chi connectivity index (χ0v) is 12.0. The van der Waals surface area contributed by atoms with Crippen LogP contribution >= 0.6 is 11.6 Å². The first kappa shape index (κ1) is 12.5. The first-order valence-corrected chi connectivity index (χ1v) is 7.70. The second-order valence-electron chi connectivity index (χ2n) is 5.74. The molecule has 0 bridgehead atoms. The normalized spacial score (nSPS) is 23.6. The van der Waals surface area contributed by atoms with Crippen LogP contribution in [0.15, 0.2) is 12.1 Å². The lowest BCUT2D eigenvalue weighted by Crippen LogP contribution is -2.30. The van der Waals surface area contributed by atoms with Crippen LogP contribution in [-0.2, 0) is 12.8 Å². The van der Waals surface area contributed by atoms with Crippen molar-refractivity contribution in [2.24, 2.45) is 0 Å². The first-order chi connectivity index (χ1) is 8.79. The Morgan fingerprint density at radius 1 is 1.33 bits per heavy atom. The minimum absolute atomic E-state index is 0.733. The van der Waals surface area contributed by atoms with Crippen LogP contribution in [0.5, 0.6) is 0 Å². The Morgan fingerprint density at radius 3 is 3.06 bits per heavy atom. The summed E-state index contributed by atoms with van der Waals surface area (Å²) < 4.78 is 0. The maximum Gasteiger partial charge on any atom is 0.0441 e. The minimum Gasteiger partial charge on any atom is -0.302 e. The highest BCUT2D eigenvalue weighted by atomic mass is 35.5. The number of benzene rings is 1. The zero-order valence-electron chi connectivity index (χ0n) is 11.2. The number of hydrogen-bond acceptors (Lipinski definition) is 1. The van der Waals surface area contributed by atoms with E-state index in [4.69, 9.17) is 11.6 Å². The molecule has 3 rings (SSSR count). The van der Waals surface area contributed by atoms with E-state index in [9.17, 15) is 0 Å². The van der Waals surface area contributed by atoms with E-state index in [0.29, 0.717) is 0 Å². The SMILES string of the molecule is CCCN1CCc2c(Cl)ccc3c2[C@@H](CCC3)C1. The Morgan fingerprint density at radius 2 is 2.22 bits per heavy atom. The third kappa shape index (κ3) is 2.19. The summed E-state index contributed by atoms with van der Waals surface area (Å²) in [6.45, 7) is 5.93. The average Bonchev–Trinajstić information content (AvgIpc) is 2.56. The van der Waals surface area contributed by atoms with Crippen LogP contribution in [0.2, 0.25) is 5.02 Å². The van der Waals surface area contributed by atoms with E-state index in [1.807, 2.05) is 0 Å². The highest BCUT2D eigenvalue weighted by Crippen LogP contribution is 2.39. The molecular formula is C16H22ClN. The van der Waals surface area contributed by atoms with E-state index in [2.05, 4.69) is 24.0 Å². The maximum absolute atomic E-state index is 6.44. The number of nitrogens with zero attached hydrogens (tertiary/aromatic N) is 1. The van der Waals surface area contributed by atoms with Crippen LogP contribution in [0, 0.1) is 0 Å². The first-order valence-electron chi connectivity index (χ1n) is 7.32. The largest absolute Gasteiger partial charge is 0.302 e. The van der Waals surface area contributed by atoms with Crippen LogP contribution in [0.4, 0.5) is 0 Å². The van der Waals surface area contributed by atoms with Crippen LogP contribution < -0.4 is 0 Å². The van der Waals surface area contributed by atoms with E-state index in [0.717, 1.165) is 17.4 Å². The van der Waals surface area contributed by atoms with Crippen molar-refractivity contribution in [2.75, 3.05) is 19.6 Å². The van der Waals surface area contributed by atoms with Gasteiger partial charge < -0.3 is 4.90 Å². The van der Waals surface area contributed by atoms with Gasteiger partial charge in [0.2, 0.25) is 0 Å². The molecule has 0 N–H and O–H groups in total. The molecule has 18 heavy (non-hydrogen) atoms. The molecule has 98 valence electrons. The Labute approximate surface area is 115 Å². The molecule has 1 aliphatic heterocycles. The molecular weight excluding hydrogens is 242 g/mol. The van der Waals surface area contributed by atoms with Gasteiger partial charge in [-0.1, -0.05) is 24.6 Å². The Hall–Kier alpha value is -0.530. The summed E-state index contributed by atoms with van der Waals surface area (Å²) in [7, 11) is 0. The van der Waals surface area contributed by atoms with Gasteiger partial charge in [-0.15, -0.1) is 0 Å². The van der Waals surface area contributed by atoms with Crippen LogP contribution in [0.1, 0.15) is 48.8 Å². The van der Waals surface area contributed by atoms with E-state index in [-0.39, 0.29) is 0 Å². The van der Waals surface area contributed by atoms with E-state index in [1.165, 1.54) is 50.9 Å². The van der Waals surface area contributed by atoms with E-state index in [1.54, 1.807) is 11.1 Å². The van der Waals surface area contributed by atoms with Crippen LogP contribution in [-0.4, -0.2) is 24.5 Å². The molecule has 2 heteroatoms. The fourth-order valence-electron chi connectivity index (χ4n) is 3.73. The fourth-order valence-corrected chi connectivity index (χ4v) is 3.98. The van der Waals surface area contributed by atoms with Gasteiger partial charge in [0.05, 0.1) is 0 Å². The van der Waals surface area contributed by atoms with Gasteiger partial charge in [-0.2, -0.15) is 0 Å². The Balaban J connectivity index is 1.99. The molecule has 1 aromatic carbocycles. The van der Waals surface area contributed by atoms with Gasteiger partial charge in [0.1, 0.15) is 0 Å². The van der Waals surface area contributed by atoms with Gasteiger partial charge in [-0.3, -0.25) is 0 Å². The summed E-state index contributed by atoms with van der Waals surface area (Å²) in [5, 5.41) is 0.999. The second kappa shape index (κ2) is 5.22. The van der Waals surface area contributed by atoms with Gasteiger partial charge in [-0.05, 0) is 67.3 Å². The molecule has 1 aliphatic carbocycles. The van der Waals surface area contributed by atoms with E-state index < -0.39 is 0 Å². The number of rotatable bonds is 2. The molecule has 1 nitrogen and oxygen atoms in total. The molecule has 0 radical (unpaired) electrons. The van der Waals surface area contributed by atoms with E-state index >= 15 is 0 Å². The van der Waals surface area contributed by atoms with Gasteiger partial charge in [0, 0.05) is 18.1 Å². The van der Waals surface area contributed by atoms with Crippen molar-refractivity contribution in [3.05, 3.63) is 33.8 Å². The van der Waals surface area contributed by atoms with Crippen molar-refractivity contribution in [1.82, 2.24) is 4.90 Å². The molecule has 0 aromatic heterocycles. The maximum atomic E-state index is 6.44. The van der Waals surface area contributed by atoms with Crippen molar-refractivity contribution < 1.29 is 0 Å². The lowest BCUT2D eigenvalue weighted by atomic mass is 9.80. The zero-order chi connectivity index (χ0) is 12.5. The van der Waals surface area contributed by atoms with Crippen molar-refractivity contribution in [3.8, 4) is 0 Å². The van der Waals surface area contributed by atoms with Crippen molar-refractivity contribution in [3.63, 3.8) is 0 Å². The molecule has 0 saturated carbocycles. The average molecular weight is 264 g/mol. The summed E-state index contributed by atoms with van der Waals surface area (Å²) >= 11 is 6.44. The van der Waals surface area contributed by atoms with Gasteiger partial charge in [0.25, 0.3) is 0 Å². The monoisotopic (exact) mass is 263 g/mol. The molecule has 1 aromatic rings. The Bertz CT molecular complexity index is 441. The lowest BCUT2D eigenvalue weighted by Gasteiger charge is -2.29. The van der Waals surface area contributed by atoms with Gasteiger partial charge in [-0.25, -0.2) is 0 Å². The standard InChI is InChI=1S/C16H22ClN/c1-2-9-18-10-8-14-15(17)7-6-12-4-3-5-13(11-18)16(12)14/h6-7,13H,2-5,8-11H2,1H3/t13-/m0/s1. The fraction of sp³-hybridized carbons (Fsp3) is 0.625. The summed E-state index contributed by atoms with van der Waals surface area (Å²) in [5.74, 6) is 0.733. The molecule has 0 saturated heterocycles. The molecule has 1 atom stereocenters. The highest BCUT2D eigenvalue weighted by Gasteiger charge is 2.28. The van der Waals surface area contributed by atoms with Crippen molar-refractivity contribution in [1.29, 1.82) is 0 Å². The summed E-state index contributed by atoms with van der Waals surface area (Å²) in [6.07, 6.45) is 6.34. The molecule has 0 fully saturated rings. The number of aryl methyl sites for hydroxylation is 1. The summed E-state index contributed by atoms with van der Waals surface area (Å²) in [6, 6.07) is 4.39. The topological polar surface area (TPSA) is 3.24 Å². The third-order valence-electron chi connectivity index (χ3n) is 4.49. The molecule has 0 amide bonds. The minimum atomic E-state index is 0.733. The van der Waals surface area contributed by atoms with Gasteiger partial charge >= 0.3 is 0 Å². The molecule has 0 spiro atoms. The quantitative estimate of drug-likeness (QED) is 0.779. The number of hydrogen-bond donors (Lipinski definition) is 0. The molecule has 2 aliphatic rings. The molecule has 1 heterocycles.